The zero-order valence-corrected chi connectivity index (χ0v) is 15.8. The molecular weight excluding hydrogens is 244 g/mol. The van der Waals surface area contributed by atoms with Crippen LogP contribution < -0.4 is 5.32 Å². The first kappa shape index (κ1) is 19.9. The monoisotopic (exact) mass is 285 g/mol. The van der Waals surface area contributed by atoms with Gasteiger partial charge >= 0.3 is 0 Å². The second kappa shape index (κ2) is 7.79. The van der Waals surface area contributed by atoms with E-state index in [-0.39, 0.29) is 5.54 Å². The van der Waals surface area contributed by atoms with Crippen LogP contribution in [0, 0.1) is 11.3 Å². The summed E-state index contributed by atoms with van der Waals surface area (Å²) in [6, 6.07) is 0. The summed E-state index contributed by atoms with van der Waals surface area (Å²) in [4.78, 5) is 0. The van der Waals surface area contributed by atoms with E-state index < -0.39 is 0 Å². The van der Waals surface area contributed by atoms with Crippen LogP contribution in [0.4, 0.5) is 0 Å². The first-order chi connectivity index (χ1) is 8.81. The maximum Gasteiger partial charge on any atom is 0.0780 e. The zero-order valence-electron chi connectivity index (χ0n) is 15.8. The predicted octanol–water partition coefficient (Wildman–Crippen LogP) is 4.30. The van der Waals surface area contributed by atoms with E-state index >= 15 is 0 Å². The molecule has 0 spiro atoms. The molecule has 0 fully saturated rings. The summed E-state index contributed by atoms with van der Waals surface area (Å²) < 4.78 is 1.09. The molecule has 122 valence electrons. The summed E-state index contributed by atoms with van der Waals surface area (Å²) in [6.45, 7) is 16.4. The number of nitrogens with zero attached hydrogens (tertiary/aromatic N) is 1. The Hall–Kier alpha value is -0.0800. The molecule has 1 unspecified atom stereocenters. The highest BCUT2D eigenvalue weighted by Gasteiger charge is 2.24. The van der Waals surface area contributed by atoms with E-state index in [0.29, 0.717) is 5.41 Å². The lowest BCUT2D eigenvalue weighted by Crippen LogP contribution is -2.38. The summed E-state index contributed by atoms with van der Waals surface area (Å²) >= 11 is 0. The van der Waals surface area contributed by atoms with E-state index in [1.807, 2.05) is 0 Å². The third-order valence-electron chi connectivity index (χ3n) is 4.00. The molecule has 0 aliphatic carbocycles. The van der Waals surface area contributed by atoms with E-state index in [4.69, 9.17) is 0 Å². The lowest BCUT2D eigenvalue weighted by Gasteiger charge is -2.33. The van der Waals surface area contributed by atoms with Gasteiger partial charge in [-0.1, -0.05) is 20.8 Å². The number of hydrogen-bond donors (Lipinski definition) is 1. The molecule has 0 radical (unpaired) electrons. The Labute approximate surface area is 128 Å². The molecule has 0 aliphatic heterocycles. The smallest absolute Gasteiger partial charge is 0.0780 e. The highest BCUT2D eigenvalue weighted by molar-refractivity contribution is 4.77. The minimum absolute atomic E-state index is 0.242. The van der Waals surface area contributed by atoms with Crippen molar-refractivity contribution in [2.75, 3.05) is 34.2 Å². The lowest BCUT2D eigenvalue weighted by molar-refractivity contribution is -0.870. The number of quaternary nitrogens is 1. The van der Waals surface area contributed by atoms with Crippen LogP contribution in [0.1, 0.15) is 67.2 Å². The molecule has 0 aromatic carbocycles. The van der Waals surface area contributed by atoms with Crippen molar-refractivity contribution in [1.29, 1.82) is 0 Å². The summed E-state index contributed by atoms with van der Waals surface area (Å²) in [6.07, 6.45) is 5.39. The molecular formula is C18H41N2+. The van der Waals surface area contributed by atoms with Gasteiger partial charge in [-0.3, -0.25) is 0 Å². The van der Waals surface area contributed by atoms with Crippen LogP contribution in [0.15, 0.2) is 0 Å². The minimum atomic E-state index is 0.242. The maximum atomic E-state index is 3.64. The Morgan fingerprint density at radius 2 is 1.40 bits per heavy atom. The molecule has 0 amide bonds. The molecule has 0 heterocycles. The average Bonchev–Trinajstić information content (AvgIpc) is 2.16. The van der Waals surface area contributed by atoms with Crippen LogP contribution in [0.25, 0.3) is 0 Å². The lowest BCUT2D eigenvalue weighted by atomic mass is 9.76. The van der Waals surface area contributed by atoms with Crippen LogP contribution in [0.5, 0.6) is 0 Å². The van der Waals surface area contributed by atoms with Gasteiger partial charge in [-0.05, 0) is 64.3 Å². The molecule has 2 heteroatoms. The molecule has 0 bridgehead atoms. The van der Waals surface area contributed by atoms with E-state index in [1.165, 1.54) is 32.2 Å². The van der Waals surface area contributed by atoms with Crippen molar-refractivity contribution in [3.63, 3.8) is 0 Å². The fraction of sp³-hybridized carbons (Fsp3) is 1.00. The van der Waals surface area contributed by atoms with Gasteiger partial charge < -0.3 is 9.80 Å². The van der Waals surface area contributed by atoms with Crippen molar-refractivity contribution in [3.8, 4) is 0 Å². The molecule has 20 heavy (non-hydrogen) atoms. The Balaban J connectivity index is 4.11. The summed E-state index contributed by atoms with van der Waals surface area (Å²) in [5, 5.41) is 3.64. The van der Waals surface area contributed by atoms with Crippen molar-refractivity contribution in [2.24, 2.45) is 11.3 Å². The normalized spacial score (nSPS) is 15.4. The fourth-order valence-corrected chi connectivity index (χ4v) is 2.61. The van der Waals surface area contributed by atoms with Gasteiger partial charge in [0, 0.05) is 5.54 Å². The van der Waals surface area contributed by atoms with Crippen molar-refractivity contribution < 1.29 is 4.48 Å². The second-order valence-electron chi connectivity index (χ2n) is 9.54. The van der Waals surface area contributed by atoms with Gasteiger partial charge in [-0.15, -0.1) is 0 Å². The number of hydrogen-bond acceptors (Lipinski definition) is 1. The third-order valence-corrected chi connectivity index (χ3v) is 4.00. The van der Waals surface area contributed by atoms with Gasteiger partial charge in [-0.25, -0.2) is 0 Å². The van der Waals surface area contributed by atoms with Crippen molar-refractivity contribution >= 4 is 0 Å². The van der Waals surface area contributed by atoms with Crippen molar-refractivity contribution in [3.05, 3.63) is 0 Å². The summed E-state index contributed by atoms with van der Waals surface area (Å²) in [7, 11) is 6.86. The fourth-order valence-electron chi connectivity index (χ4n) is 2.61. The van der Waals surface area contributed by atoms with E-state index in [1.54, 1.807) is 0 Å². The average molecular weight is 286 g/mol. The van der Waals surface area contributed by atoms with E-state index in [2.05, 4.69) is 68.0 Å². The topological polar surface area (TPSA) is 12.0 Å². The molecule has 0 rings (SSSR count). The Morgan fingerprint density at radius 1 is 0.850 bits per heavy atom. The second-order valence-corrected chi connectivity index (χ2v) is 9.54. The third kappa shape index (κ3) is 11.7. The first-order valence-electron chi connectivity index (χ1n) is 8.37. The number of rotatable bonds is 8. The molecule has 0 aromatic rings. The van der Waals surface area contributed by atoms with Crippen LogP contribution >= 0.6 is 0 Å². The molecule has 2 nitrogen and oxygen atoms in total. The standard InChI is InChI=1S/C18H41N2/c1-17(2,3)16(13-14-19-18(4,5)6)12-10-11-15-20(7,8)9/h16,19H,10-15H2,1-9H3/q+1. The highest BCUT2D eigenvalue weighted by atomic mass is 15.3. The largest absolute Gasteiger partial charge is 0.331 e. The van der Waals surface area contributed by atoms with Crippen LogP contribution in [0.2, 0.25) is 0 Å². The van der Waals surface area contributed by atoms with Crippen LogP contribution in [-0.2, 0) is 0 Å². The van der Waals surface area contributed by atoms with Crippen LogP contribution in [-0.4, -0.2) is 44.3 Å². The van der Waals surface area contributed by atoms with Crippen molar-refractivity contribution in [1.82, 2.24) is 5.32 Å². The molecule has 0 saturated carbocycles. The van der Waals surface area contributed by atoms with E-state index in [9.17, 15) is 0 Å². The van der Waals surface area contributed by atoms with Gasteiger partial charge in [0.05, 0.1) is 27.7 Å². The van der Waals surface area contributed by atoms with Gasteiger partial charge in [0.25, 0.3) is 0 Å². The highest BCUT2D eigenvalue weighted by Crippen LogP contribution is 2.32. The summed E-state index contributed by atoms with van der Waals surface area (Å²) in [5.41, 5.74) is 0.669. The summed E-state index contributed by atoms with van der Waals surface area (Å²) in [5.74, 6) is 0.824. The zero-order chi connectivity index (χ0) is 16.0. The van der Waals surface area contributed by atoms with Crippen LogP contribution in [0.3, 0.4) is 0 Å². The molecule has 0 aliphatic rings. The molecule has 1 atom stereocenters. The van der Waals surface area contributed by atoms with Gasteiger partial charge in [0.1, 0.15) is 0 Å². The Morgan fingerprint density at radius 3 is 1.80 bits per heavy atom. The van der Waals surface area contributed by atoms with Gasteiger partial charge in [0.15, 0.2) is 0 Å². The number of nitrogens with one attached hydrogen (secondary N) is 1. The van der Waals surface area contributed by atoms with E-state index in [0.717, 1.165) is 16.9 Å². The Kier molecular flexibility index (Phi) is 7.76. The quantitative estimate of drug-likeness (QED) is 0.518. The Bertz CT molecular complexity index is 250. The maximum absolute atomic E-state index is 3.64. The number of unbranched alkanes of at least 4 members (excludes halogenated alkanes) is 1. The molecule has 0 saturated heterocycles. The molecule has 0 aromatic heterocycles. The van der Waals surface area contributed by atoms with Gasteiger partial charge in [-0.2, -0.15) is 0 Å². The predicted molar refractivity (Wildman–Crippen MR) is 92.1 cm³/mol. The molecule has 1 N–H and O–H groups in total. The van der Waals surface area contributed by atoms with Gasteiger partial charge in [0.2, 0.25) is 0 Å². The SMILES string of the molecule is CC(C)(C)NCCC(CCCC[N+](C)(C)C)C(C)(C)C. The minimum Gasteiger partial charge on any atom is -0.331 e. The first-order valence-corrected chi connectivity index (χ1v) is 8.37. The van der Waals surface area contributed by atoms with Crippen molar-refractivity contribution in [2.45, 2.75) is 72.8 Å².